The van der Waals surface area contributed by atoms with Crippen molar-refractivity contribution in [2.75, 3.05) is 37.4 Å². The van der Waals surface area contributed by atoms with Gasteiger partial charge in [0.05, 0.1) is 25.9 Å². The number of aromatic nitrogens is 8. The number of ether oxygens (including phenoxy) is 3. The zero-order valence-corrected chi connectivity index (χ0v) is 28.4. The van der Waals surface area contributed by atoms with Crippen LogP contribution in [0.25, 0.3) is 22.3 Å². The molecule has 10 atom stereocenters. The molecule has 25 heteroatoms. The molecule has 2 saturated heterocycles. The minimum Gasteiger partial charge on any atom is -0.472 e. The van der Waals surface area contributed by atoms with E-state index in [0.29, 0.717) is 11.3 Å². The number of nitrogens with one attached hydrogen (secondary N) is 1. The van der Waals surface area contributed by atoms with Gasteiger partial charge in [0.2, 0.25) is 11.8 Å². The first kappa shape index (κ1) is 35.6. The first-order chi connectivity index (χ1) is 23.6. The second kappa shape index (κ2) is 15.3. The highest BCUT2D eigenvalue weighted by molar-refractivity contribution is 8.39. The maximum absolute atomic E-state index is 15.3. The average Bonchev–Trinajstić information content (AvgIpc) is 3.83. The standard InChI is InChI=1S/C24H26F2N10O9P2S2/c25-12-16(44-46(39)48)10(5-37)42-22(12)35-8-31-14-18(29-7-30-19(14)35)28-3-1-2-4-41-21-15-20(33-24(27)34-21)36(9-32-15)23-13(26)17(45-47(40)49)11(6-38)43-23/h1-2,7-13,16-17,22-23,37-38H,3-6H2,(H3-2,27,28,29,30,33,34,39,40,48,49)/p+2/b2-1+/t10?,11-,12-,13-,16?,17-,22?,23-/m1/s1. The van der Waals surface area contributed by atoms with Crippen LogP contribution in [0.1, 0.15) is 12.5 Å². The van der Waals surface area contributed by atoms with Crippen molar-refractivity contribution in [2.45, 2.75) is 49.2 Å². The summed E-state index contributed by atoms with van der Waals surface area (Å²) < 4.78 is 83.0. The third-order valence-electron chi connectivity index (χ3n) is 7.50. The largest absolute Gasteiger partial charge is 0.582 e. The number of rotatable bonds is 14. The van der Waals surface area contributed by atoms with Crippen LogP contribution in [0.15, 0.2) is 31.1 Å². The van der Waals surface area contributed by atoms with Crippen LogP contribution in [0, 0.1) is 0 Å². The van der Waals surface area contributed by atoms with E-state index >= 15 is 8.78 Å². The van der Waals surface area contributed by atoms with Crippen molar-refractivity contribution in [3.05, 3.63) is 31.1 Å². The molecule has 0 spiro atoms. The van der Waals surface area contributed by atoms with Gasteiger partial charge in [-0.2, -0.15) is 9.97 Å². The Kier molecular flexibility index (Phi) is 11.1. The molecule has 2 fully saturated rings. The molecule has 6 rings (SSSR count). The van der Waals surface area contributed by atoms with Crippen LogP contribution in [0.4, 0.5) is 20.5 Å². The maximum Gasteiger partial charge on any atom is 0.582 e. The molecule has 4 aromatic heterocycles. The van der Waals surface area contributed by atoms with Crippen LogP contribution in [0.3, 0.4) is 0 Å². The topological polar surface area (TPSA) is 246 Å². The second-order valence-corrected chi connectivity index (χ2v) is 13.8. The summed E-state index contributed by atoms with van der Waals surface area (Å²) in [4.78, 5) is 25.1. The van der Waals surface area contributed by atoms with Gasteiger partial charge in [-0.1, -0.05) is 6.08 Å². The summed E-state index contributed by atoms with van der Waals surface area (Å²) in [6.07, 6.45) is -3.90. The molecular weight excluding hydrogens is 736 g/mol. The van der Waals surface area contributed by atoms with Crippen LogP contribution in [0.2, 0.25) is 0 Å². The molecule has 262 valence electrons. The number of fused-ring (bicyclic) bond motifs is 2. The Morgan fingerprint density at radius 1 is 0.898 bits per heavy atom. The number of anilines is 2. The summed E-state index contributed by atoms with van der Waals surface area (Å²) >= 11 is 7.33. The normalized spacial score (nSPS) is 27.8. The van der Waals surface area contributed by atoms with Gasteiger partial charge in [-0.05, 0) is 15.2 Å². The number of nitrogen functional groups attached to an aromatic ring is 1. The van der Waals surface area contributed by atoms with Crippen LogP contribution in [-0.4, -0.2) is 112 Å². The number of aliphatic hydroxyl groups excluding tert-OH is 2. The van der Waals surface area contributed by atoms with E-state index in [-0.39, 0.29) is 41.8 Å². The predicted molar refractivity (Wildman–Crippen MR) is 173 cm³/mol. The summed E-state index contributed by atoms with van der Waals surface area (Å²) in [7, 11) is -4.91. The van der Waals surface area contributed by atoms with Crippen LogP contribution < -0.4 is 15.8 Å². The summed E-state index contributed by atoms with van der Waals surface area (Å²) in [5, 5.41) is 22.3. The Bertz CT molecular complexity index is 1880. The number of nitrogens with two attached hydrogens (primary N) is 1. The van der Waals surface area contributed by atoms with E-state index in [1.165, 1.54) is 28.1 Å². The van der Waals surface area contributed by atoms with Crippen molar-refractivity contribution in [3.8, 4) is 5.88 Å². The third kappa shape index (κ3) is 7.32. The van der Waals surface area contributed by atoms with E-state index in [2.05, 4.69) is 59.7 Å². The Hall–Kier alpha value is -3.24. The first-order valence-electron chi connectivity index (χ1n) is 14.3. The summed E-state index contributed by atoms with van der Waals surface area (Å²) in [5.41, 5.74) is 6.69. The van der Waals surface area contributed by atoms with Crippen molar-refractivity contribution < 1.29 is 51.4 Å². The highest BCUT2D eigenvalue weighted by Gasteiger charge is 2.52. The van der Waals surface area contributed by atoms with Crippen molar-refractivity contribution >= 4 is 73.1 Å². The number of nitrogens with zero attached hydrogens (tertiary/aromatic N) is 8. The smallest absolute Gasteiger partial charge is 0.472 e. The van der Waals surface area contributed by atoms with Gasteiger partial charge in [-0.15, -0.1) is 9.05 Å². The molecule has 19 nitrogen and oxygen atoms in total. The fourth-order valence-electron chi connectivity index (χ4n) is 5.39. The zero-order valence-electron chi connectivity index (χ0n) is 24.8. The van der Waals surface area contributed by atoms with E-state index in [1.807, 2.05) is 0 Å². The molecule has 5 N–H and O–H groups in total. The Morgan fingerprint density at radius 2 is 1.49 bits per heavy atom. The van der Waals surface area contributed by atoms with Crippen molar-refractivity contribution in [1.29, 1.82) is 0 Å². The molecule has 5 unspecified atom stereocenters. The molecule has 2 aliphatic rings. The van der Waals surface area contributed by atoms with Crippen LogP contribution in [0.5, 0.6) is 5.88 Å². The Labute approximate surface area is 286 Å². The fourth-order valence-corrected chi connectivity index (χ4v) is 6.96. The number of alkyl halides is 2. The molecule has 0 aliphatic carbocycles. The van der Waals surface area contributed by atoms with Gasteiger partial charge >= 0.3 is 14.5 Å². The lowest BCUT2D eigenvalue weighted by molar-refractivity contribution is -0.0427. The fraction of sp³-hybridized carbons (Fsp3) is 0.500. The van der Waals surface area contributed by atoms with E-state index in [9.17, 15) is 19.3 Å². The maximum atomic E-state index is 15.3. The Balaban J connectivity index is 1.09. The number of imidazole rings is 2. The quantitative estimate of drug-likeness (QED) is 0.0611. The predicted octanol–water partition coefficient (Wildman–Crippen LogP) is 2.00. The van der Waals surface area contributed by atoms with Gasteiger partial charge in [-0.25, -0.2) is 28.7 Å². The lowest BCUT2D eigenvalue weighted by Crippen LogP contribution is -2.31. The van der Waals surface area contributed by atoms with E-state index in [4.69, 9.17) is 29.0 Å². The highest BCUT2D eigenvalue weighted by Crippen LogP contribution is 2.43. The minimum atomic E-state index is -2.47. The van der Waals surface area contributed by atoms with Crippen LogP contribution >= 0.6 is 39.0 Å². The lowest BCUT2D eigenvalue weighted by Gasteiger charge is -2.15. The van der Waals surface area contributed by atoms with E-state index < -0.39 is 76.9 Å². The van der Waals surface area contributed by atoms with Gasteiger partial charge < -0.3 is 35.5 Å². The molecule has 0 aromatic carbocycles. The van der Waals surface area contributed by atoms with Crippen LogP contribution in [-0.2, 0) is 27.7 Å². The van der Waals surface area contributed by atoms with E-state index in [1.54, 1.807) is 12.2 Å². The van der Waals surface area contributed by atoms with Gasteiger partial charge in [0.15, 0.2) is 65.2 Å². The zero-order chi connectivity index (χ0) is 34.8. The number of hydrogen-bond acceptors (Lipinski definition) is 17. The van der Waals surface area contributed by atoms with Crippen molar-refractivity contribution in [1.82, 2.24) is 39.0 Å². The van der Waals surface area contributed by atoms with Gasteiger partial charge in [0.25, 0.3) is 0 Å². The molecule has 6 heterocycles. The van der Waals surface area contributed by atoms with Crippen molar-refractivity contribution in [2.24, 2.45) is 0 Å². The summed E-state index contributed by atoms with van der Waals surface area (Å²) in [6, 6.07) is 0. The molecule has 49 heavy (non-hydrogen) atoms. The van der Waals surface area contributed by atoms with Gasteiger partial charge in [0, 0.05) is 6.54 Å². The molecule has 0 amide bonds. The monoisotopic (exact) mass is 764 g/mol. The number of halogens is 2. The summed E-state index contributed by atoms with van der Waals surface area (Å²) in [6.45, 7) is -0.893. The summed E-state index contributed by atoms with van der Waals surface area (Å²) in [5.74, 6) is 0.161. The Morgan fingerprint density at radius 3 is 2.08 bits per heavy atom. The molecule has 2 aliphatic heterocycles. The van der Waals surface area contributed by atoms with Gasteiger partial charge in [0.1, 0.15) is 49.6 Å². The molecule has 0 radical (unpaired) electrons. The molecular formula is C24H28F2N10O9P2S2+2. The number of aliphatic hydroxyl groups is 2. The molecule has 0 saturated carbocycles. The highest BCUT2D eigenvalue weighted by atomic mass is 32.7. The lowest BCUT2D eigenvalue weighted by atomic mass is 10.1. The molecule has 4 aromatic rings. The van der Waals surface area contributed by atoms with Gasteiger partial charge in [-0.3, -0.25) is 9.13 Å². The number of hydrogen-bond donors (Lipinski definition) is 6. The number of thiol groups is 2. The first-order valence-corrected chi connectivity index (χ1v) is 18.9. The van der Waals surface area contributed by atoms with Crippen molar-refractivity contribution in [3.63, 3.8) is 0 Å². The molecule has 0 bridgehead atoms. The second-order valence-electron chi connectivity index (χ2n) is 10.4. The average molecular weight is 765 g/mol. The SMILES string of the molecule is Nc1nc(OC/C=C/CNc2ncnc3c2ncn3C2OC(CO)C(O[P+](=O)S)[C@H]2F)c2ncn([C@@H]3O[C@H](CO)[C@@H](O[P+](=O)S)[C@H]3F)c2n1. The third-order valence-corrected chi connectivity index (χ3v) is 8.91. The van der Waals surface area contributed by atoms with E-state index in [0.717, 1.165) is 0 Å². The minimum absolute atomic E-state index is 0.0119.